The van der Waals surface area contributed by atoms with Gasteiger partial charge in [0.25, 0.3) is 5.91 Å². The van der Waals surface area contributed by atoms with Gasteiger partial charge in [0.15, 0.2) is 14.9 Å². The monoisotopic (exact) mass is 427 g/mol. The fourth-order valence-electron chi connectivity index (χ4n) is 4.41. The number of hydrogen-bond donors (Lipinski definition) is 0. The summed E-state index contributed by atoms with van der Waals surface area (Å²) < 4.78 is 23.8. The van der Waals surface area contributed by atoms with E-state index in [1.54, 1.807) is 25.3 Å². The number of pyridine rings is 1. The van der Waals surface area contributed by atoms with Crippen LogP contribution in [0.15, 0.2) is 47.6 Å². The van der Waals surface area contributed by atoms with E-state index >= 15 is 0 Å². The maximum Gasteiger partial charge on any atom is 0.254 e. The van der Waals surface area contributed by atoms with Gasteiger partial charge in [0.2, 0.25) is 0 Å². The summed E-state index contributed by atoms with van der Waals surface area (Å²) in [6.45, 7) is 5.73. The van der Waals surface area contributed by atoms with Crippen molar-refractivity contribution < 1.29 is 13.2 Å². The van der Waals surface area contributed by atoms with Crippen molar-refractivity contribution in [2.45, 2.75) is 43.7 Å². The number of aromatic nitrogens is 1. The molecule has 0 radical (unpaired) electrons. The van der Waals surface area contributed by atoms with Gasteiger partial charge >= 0.3 is 0 Å². The average Bonchev–Trinajstić information content (AvgIpc) is 3.46. The molecule has 0 aliphatic carbocycles. The van der Waals surface area contributed by atoms with E-state index in [2.05, 4.69) is 9.88 Å². The van der Waals surface area contributed by atoms with E-state index in [-0.39, 0.29) is 16.7 Å². The fraction of sp³-hybridized carbons (Fsp3) is 0.478. The molecule has 160 valence electrons. The Balaban J connectivity index is 1.45. The number of benzene rings is 1. The predicted octanol–water partition coefficient (Wildman–Crippen LogP) is 3.24. The molecule has 0 saturated carbocycles. The normalized spacial score (nSPS) is 20.0. The van der Waals surface area contributed by atoms with Crippen LogP contribution < -0.4 is 0 Å². The Kier molecular flexibility index (Phi) is 6.20. The first-order valence-corrected chi connectivity index (χ1v) is 12.5. The van der Waals surface area contributed by atoms with E-state index in [0.717, 1.165) is 50.1 Å². The van der Waals surface area contributed by atoms with Crippen molar-refractivity contribution >= 4 is 15.7 Å². The van der Waals surface area contributed by atoms with Crippen molar-refractivity contribution in [3.05, 3.63) is 48.2 Å². The predicted molar refractivity (Wildman–Crippen MR) is 117 cm³/mol. The topological polar surface area (TPSA) is 70.6 Å². The number of sulfone groups is 1. The van der Waals surface area contributed by atoms with Crippen LogP contribution in [0.25, 0.3) is 11.1 Å². The second kappa shape index (κ2) is 8.86. The lowest BCUT2D eigenvalue weighted by Gasteiger charge is -2.28. The number of likely N-dealkylation sites (tertiary alicyclic amines) is 2. The third-order valence-electron chi connectivity index (χ3n) is 6.21. The highest BCUT2D eigenvalue weighted by molar-refractivity contribution is 7.91. The largest absolute Gasteiger partial charge is 0.334 e. The zero-order chi connectivity index (χ0) is 21.1. The van der Waals surface area contributed by atoms with Gasteiger partial charge < -0.3 is 9.80 Å². The molecule has 1 aromatic carbocycles. The van der Waals surface area contributed by atoms with Gasteiger partial charge in [-0.1, -0.05) is 19.1 Å². The van der Waals surface area contributed by atoms with E-state index in [1.165, 1.54) is 12.8 Å². The number of nitrogens with zero attached hydrogens (tertiary/aromatic N) is 3. The third kappa shape index (κ3) is 4.42. The molecule has 6 nitrogen and oxygen atoms in total. The molecule has 0 bridgehead atoms. The van der Waals surface area contributed by atoms with Crippen molar-refractivity contribution in [1.82, 2.24) is 14.8 Å². The van der Waals surface area contributed by atoms with Crippen LogP contribution in [0.3, 0.4) is 0 Å². The minimum absolute atomic E-state index is 0.0331. The molecule has 1 amide bonds. The molecule has 3 heterocycles. The molecular weight excluding hydrogens is 398 g/mol. The van der Waals surface area contributed by atoms with E-state index < -0.39 is 9.84 Å². The highest BCUT2D eigenvalue weighted by Crippen LogP contribution is 2.25. The zero-order valence-corrected chi connectivity index (χ0v) is 18.3. The summed E-state index contributed by atoms with van der Waals surface area (Å²) in [6, 6.07) is 11.2. The van der Waals surface area contributed by atoms with Crippen molar-refractivity contribution in [2.75, 3.05) is 31.9 Å². The number of amides is 1. The van der Waals surface area contributed by atoms with E-state index in [4.69, 9.17) is 0 Å². The van der Waals surface area contributed by atoms with Gasteiger partial charge in [-0.05, 0) is 68.6 Å². The Labute approximate surface area is 178 Å². The Bertz CT molecular complexity index is 981. The van der Waals surface area contributed by atoms with Gasteiger partial charge in [0, 0.05) is 36.5 Å². The second-order valence-corrected chi connectivity index (χ2v) is 10.4. The molecule has 0 N–H and O–H groups in total. The highest BCUT2D eigenvalue weighted by atomic mass is 32.2. The number of rotatable bonds is 6. The lowest BCUT2D eigenvalue weighted by molar-refractivity contribution is 0.0709. The number of hydrogen-bond acceptors (Lipinski definition) is 5. The number of carbonyl (C=O) groups is 1. The first-order chi connectivity index (χ1) is 14.5. The third-order valence-corrected chi connectivity index (χ3v) is 7.84. The molecule has 0 spiro atoms. The minimum Gasteiger partial charge on any atom is -0.334 e. The van der Waals surface area contributed by atoms with Crippen LogP contribution in [-0.4, -0.2) is 67.1 Å². The first kappa shape index (κ1) is 21.0. The van der Waals surface area contributed by atoms with Gasteiger partial charge in [-0.3, -0.25) is 4.79 Å². The van der Waals surface area contributed by atoms with Crippen molar-refractivity contribution in [1.29, 1.82) is 0 Å². The molecule has 2 saturated heterocycles. The first-order valence-electron chi connectivity index (χ1n) is 10.8. The molecular formula is C23H29N3O3S. The maximum atomic E-state index is 13.1. The lowest BCUT2D eigenvalue weighted by Crippen LogP contribution is -2.42. The molecule has 1 atom stereocenters. The summed E-state index contributed by atoms with van der Waals surface area (Å²) in [5.74, 6) is 0.136. The summed E-state index contributed by atoms with van der Waals surface area (Å²) in [5.41, 5.74) is 2.44. The van der Waals surface area contributed by atoms with Crippen LogP contribution in [0.2, 0.25) is 0 Å². The van der Waals surface area contributed by atoms with Crippen LogP contribution >= 0.6 is 0 Å². The minimum atomic E-state index is -3.30. The van der Waals surface area contributed by atoms with Crippen LogP contribution in [0, 0.1) is 0 Å². The molecule has 2 fully saturated rings. The van der Waals surface area contributed by atoms with Crippen molar-refractivity contribution in [3.63, 3.8) is 0 Å². The SMILES string of the molecule is CCS(=O)(=O)c1ccc(-c2ccc(C(=O)N3CCCC3CN3CCCC3)cc2)cn1. The van der Waals surface area contributed by atoms with Gasteiger partial charge in [0.05, 0.1) is 5.75 Å². The Morgan fingerprint density at radius 1 is 1.00 bits per heavy atom. The second-order valence-electron chi connectivity index (χ2n) is 8.17. The van der Waals surface area contributed by atoms with Gasteiger partial charge in [0.1, 0.15) is 0 Å². The van der Waals surface area contributed by atoms with Crippen LogP contribution in [0.1, 0.15) is 43.0 Å². The quantitative estimate of drug-likeness (QED) is 0.708. The zero-order valence-electron chi connectivity index (χ0n) is 17.5. The Morgan fingerprint density at radius 2 is 1.70 bits per heavy atom. The molecule has 1 unspecified atom stereocenters. The molecule has 2 aliphatic rings. The molecule has 1 aromatic heterocycles. The van der Waals surface area contributed by atoms with E-state index in [9.17, 15) is 13.2 Å². The van der Waals surface area contributed by atoms with Gasteiger partial charge in [-0.2, -0.15) is 0 Å². The molecule has 4 rings (SSSR count). The van der Waals surface area contributed by atoms with Crippen molar-refractivity contribution in [3.8, 4) is 11.1 Å². The van der Waals surface area contributed by atoms with Gasteiger partial charge in [-0.25, -0.2) is 13.4 Å². The summed E-state index contributed by atoms with van der Waals surface area (Å²) in [4.78, 5) is 21.7. The summed E-state index contributed by atoms with van der Waals surface area (Å²) in [6.07, 6.45) is 6.26. The summed E-state index contributed by atoms with van der Waals surface area (Å²) in [7, 11) is -3.30. The summed E-state index contributed by atoms with van der Waals surface area (Å²) in [5, 5.41) is 0.0959. The molecule has 30 heavy (non-hydrogen) atoms. The molecule has 7 heteroatoms. The van der Waals surface area contributed by atoms with Crippen LogP contribution in [0.5, 0.6) is 0 Å². The van der Waals surface area contributed by atoms with Gasteiger partial charge in [-0.15, -0.1) is 0 Å². The lowest BCUT2D eigenvalue weighted by atomic mass is 10.0. The smallest absolute Gasteiger partial charge is 0.254 e. The Morgan fingerprint density at radius 3 is 2.33 bits per heavy atom. The van der Waals surface area contributed by atoms with E-state index in [0.29, 0.717) is 11.6 Å². The Hall–Kier alpha value is -2.25. The standard InChI is InChI=1S/C23H29N3O3S/c1-2-30(28,29)22-12-11-20(16-24-22)18-7-9-19(10-8-18)23(27)26-15-5-6-21(26)17-25-13-3-4-14-25/h7-12,16,21H,2-6,13-15,17H2,1H3. The maximum absolute atomic E-state index is 13.1. The fourth-order valence-corrected chi connectivity index (χ4v) is 5.19. The summed E-state index contributed by atoms with van der Waals surface area (Å²) >= 11 is 0. The van der Waals surface area contributed by atoms with Crippen molar-refractivity contribution in [2.24, 2.45) is 0 Å². The van der Waals surface area contributed by atoms with Crippen LogP contribution in [0.4, 0.5) is 0 Å². The number of carbonyl (C=O) groups excluding carboxylic acids is 1. The molecule has 2 aromatic rings. The van der Waals surface area contributed by atoms with E-state index in [1.807, 2.05) is 29.2 Å². The average molecular weight is 428 g/mol. The molecule has 2 aliphatic heterocycles. The van der Waals surface area contributed by atoms with Crippen LogP contribution in [-0.2, 0) is 9.84 Å². The highest BCUT2D eigenvalue weighted by Gasteiger charge is 2.31.